The van der Waals surface area contributed by atoms with Gasteiger partial charge in [-0.1, -0.05) is 19.1 Å². The Morgan fingerprint density at radius 1 is 1.15 bits per heavy atom. The van der Waals surface area contributed by atoms with E-state index < -0.39 is 15.6 Å². The van der Waals surface area contributed by atoms with E-state index in [0.29, 0.717) is 6.61 Å². The van der Waals surface area contributed by atoms with Crippen molar-refractivity contribution in [2.75, 3.05) is 6.61 Å². The van der Waals surface area contributed by atoms with E-state index >= 15 is 0 Å². The topological polar surface area (TPSA) is 69.7 Å². The third-order valence-electron chi connectivity index (χ3n) is 4.98. The Bertz CT molecular complexity index is 735. The molecule has 2 rings (SSSR count). The molecule has 1 saturated carbocycles. The minimum Gasteiger partial charge on any atom is -0.466 e. The largest absolute Gasteiger partial charge is 0.534 e. The molecule has 1 aromatic rings. The van der Waals surface area contributed by atoms with Gasteiger partial charge in [0, 0.05) is 0 Å². The predicted molar refractivity (Wildman–Crippen MR) is 92.5 cm³/mol. The molecule has 5 nitrogen and oxygen atoms in total. The number of ether oxygens (including phenoxy) is 1. The van der Waals surface area contributed by atoms with Gasteiger partial charge in [-0.05, 0) is 62.1 Å². The van der Waals surface area contributed by atoms with Crippen LogP contribution in [0.2, 0.25) is 0 Å². The Hall–Kier alpha value is -1.77. The van der Waals surface area contributed by atoms with E-state index in [2.05, 4.69) is 4.18 Å². The van der Waals surface area contributed by atoms with Crippen LogP contribution in [0.1, 0.15) is 51.0 Å². The van der Waals surface area contributed by atoms with E-state index in [0.717, 1.165) is 31.2 Å². The van der Waals surface area contributed by atoms with Gasteiger partial charge < -0.3 is 8.92 Å². The van der Waals surface area contributed by atoms with Crippen molar-refractivity contribution >= 4 is 16.1 Å². The molecule has 1 aromatic carbocycles. The lowest BCUT2D eigenvalue weighted by Gasteiger charge is -2.31. The molecule has 0 spiro atoms. The van der Waals surface area contributed by atoms with Crippen molar-refractivity contribution in [3.63, 3.8) is 0 Å². The second-order valence-corrected chi connectivity index (χ2v) is 8.24. The summed E-state index contributed by atoms with van der Waals surface area (Å²) in [7, 11) is -5.66. The van der Waals surface area contributed by atoms with Gasteiger partial charge in [-0.25, -0.2) is 0 Å². The molecular weight excluding hydrogens is 385 g/mol. The van der Waals surface area contributed by atoms with Gasteiger partial charge in [-0.15, -0.1) is 0 Å². The van der Waals surface area contributed by atoms with Gasteiger partial charge >= 0.3 is 21.6 Å². The molecule has 1 atom stereocenters. The summed E-state index contributed by atoms with van der Waals surface area (Å²) in [5.41, 5.74) is -4.55. The van der Waals surface area contributed by atoms with Crippen LogP contribution in [-0.2, 0) is 19.6 Å². The first-order valence-corrected chi connectivity index (χ1v) is 10.2. The van der Waals surface area contributed by atoms with Crippen LogP contribution in [0.3, 0.4) is 0 Å². The van der Waals surface area contributed by atoms with E-state index in [1.807, 2.05) is 6.92 Å². The van der Waals surface area contributed by atoms with E-state index in [4.69, 9.17) is 4.74 Å². The zero-order valence-corrected chi connectivity index (χ0v) is 16.0. The fraction of sp³-hybridized carbons (Fsp3) is 0.611. The number of carbonyl (C=O) groups is 1. The van der Waals surface area contributed by atoms with Gasteiger partial charge in [-0.2, -0.15) is 21.6 Å². The monoisotopic (exact) mass is 408 g/mol. The maximum atomic E-state index is 12.4. The van der Waals surface area contributed by atoms with E-state index in [1.165, 1.54) is 12.1 Å². The molecule has 27 heavy (non-hydrogen) atoms. The number of carbonyl (C=O) groups excluding carboxylic acids is 1. The minimum atomic E-state index is -5.66. The van der Waals surface area contributed by atoms with Crippen LogP contribution in [0.15, 0.2) is 24.3 Å². The van der Waals surface area contributed by atoms with Crippen molar-refractivity contribution in [2.24, 2.45) is 11.8 Å². The molecule has 1 aliphatic rings. The summed E-state index contributed by atoms with van der Waals surface area (Å²) in [5.74, 6) is -0.257. The zero-order chi connectivity index (χ0) is 20.2. The molecule has 9 heteroatoms. The molecule has 0 aliphatic heterocycles. The summed E-state index contributed by atoms with van der Waals surface area (Å²) in [6.07, 6.45) is 3.39. The van der Waals surface area contributed by atoms with Crippen LogP contribution >= 0.6 is 0 Å². The molecule has 0 aromatic heterocycles. The van der Waals surface area contributed by atoms with Gasteiger partial charge in [0.1, 0.15) is 5.75 Å². The molecule has 1 fully saturated rings. The highest BCUT2D eigenvalue weighted by atomic mass is 32.2. The Labute approximate surface area is 157 Å². The summed E-state index contributed by atoms with van der Waals surface area (Å²) < 4.78 is 68.3. The van der Waals surface area contributed by atoms with Crippen molar-refractivity contribution < 1.29 is 35.3 Å². The average Bonchev–Trinajstić information content (AvgIpc) is 2.61. The van der Waals surface area contributed by atoms with E-state index in [9.17, 15) is 26.4 Å². The summed E-state index contributed by atoms with van der Waals surface area (Å²) in [4.78, 5) is 11.9. The number of rotatable bonds is 6. The summed E-state index contributed by atoms with van der Waals surface area (Å²) in [5, 5.41) is 0. The lowest BCUT2D eigenvalue weighted by atomic mass is 9.74. The maximum Gasteiger partial charge on any atom is 0.534 e. The standard InChI is InChI=1S/C18H23F3O5S/c1-3-25-17(22)12(2)13-4-6-14(7-5-13)15-8-10-16(11-9-15)26-27(23,24)18(19,20)21/h8-14H,3-7H2,1-2H3/t12?,13-,14-. The van der Waals surface area contributed by atoms with Crippen LogP contribution in [-0.4, -0.2) is 26.5 Å². The van der Waals surface area contributed by atoms with Crippen LogP contribution in [0.25, 0.3) is 0 Å². The fourth-order valence-corrected chi connectivity index (χ4v) is 3.85. The highest BCUT2D eigenvalue weighted by Gasteiger charge is 2.48. The fourth-order valence-electron chi connectivity index (χ4n) is 3.39. The number of hydrogen-bond donors (Lipinski definition) is 0. The first kappa shape index (κ1) is 21.5. The van der Waals surface area contributed by atoms with Gasteiger partial charge in [0.25, 0.3) is 0 Å². The summed E-state index contributed by atoms with van der Waals surface area (Å²) in [6.45, 7) is 4.00. The molecule has 0 radical (unpaired) electrons. The van der Waals surface area contributed by atoms with Crippen molar-refractivity contribution in [1.82, 2.24) is 0 Å². The van der Waals surface area contributed by atoms with Crippen LogP contribution in [0.4, 0.5) is 13.2 Å². The number of halogens is 3. The SMILES string of the molecule is CCOC(=O)C(C)[C@H]1CC[C@H](c2ccc(OS(=O)(=O)C(F)(F)F)cc2)CC1. The third kappa shape index (κ3) is 5.37. The summed E-state index contributed by atoms with van der Waals surface area (Å²) in [6, 6.07) is 5.62. The smallest absolute Gasteiger partial charge is 0.466 e. The summed E-state index contributed by atoms with van der Waals surface area (Å²) >= 11 is 0. The van der Waals surface area contributed by atoms with Crippen molar-refractivity contribution in [3.05, 3.63) is 29.8 Å². The van der Waals surface area contributed by atoms with E-state index in [1.54, 1.807) is 19.1 Å². The van der Waals surface area contributed by atoms with Crippen molar-refractivity contribution in [2.45, 2.75) is 51.0 Å². The zero-order valence-electron chi connectivity index (χ0n) is 15.2. The molecule has 0 saturated heterocycles. The number of esters is 1. The van der Waals surface area contributed by atoms with Crippen LogP contribution < -0.4 is 4.18 Å². The Morgan fingerprint density at radius 2 is 1.70 bits per heavy atom. The van der Waals surface area contributed by atoms with Gasteiger partial charge in [-0.3, -0.25) is 4.79 Å². The first-order valence-electron chi connectivity index (χ1n) is 8.82. The van der Waals surface area contributed by atoms with Crippen molar-refractivity contribution in [1.29, 1.82) is 0 Å². The number of hydrogen-bond acceptors (Lipinski definition) is 5. The highest BCUT2D eigenvalue weighted by Crippen LogP contribution is 2.39. The molecule has 0 bridgehead atoms. The second kappa shape index (κ2) is 8.50. The molecule has 1 unspecified atom stereocenters. The predicted octanol–water partition coefficient (Wildman–Crippen LogP) is 4.39. The molecule has 0 amide bonds. The molecular formula is C18H23F3O5S. The second-order valence-electron chi connectivity index (χ2n) is 6.70. The number of alkyl halides is 3. The van der Waals surface area contributed by atoms with Gasteiger partial charge in [0.2, 0.25) is 0 Å². The molecule has 0 heterocycles. The Balaban J connectivity index is 1.95. The van der Waals surface area contributed by atoms with Gasteiger partial charge in [0.15, 0.2) is 0 Å². The minimum absolute atomic E-state index is 0.158. The van der Waals surface area contributed by atoms with E-state index in [-0.39, 0.29) is 29.5 Å². The molecule has 0 N–H and O–H groups in total. The lowest BCUT2D eigenvalue weighted by molar-refractivity contribution is -0.149. The Morgan fingerprint density at radius 3 is 2.19 bits per heavy atom. The highest BCUT2D eigenvalue weighted by molar-refractivity contribution is 7.88. The molecule has 1 aliphatic carbocycles. The maximum absolute atomic E-state index is 12.4. The van der Waals surface area contributed by atoms with Crippen LogP contribution in [0.5, 0.6) is 5.75 Å². The Kier molecular flexibility index (Phi) is 6.77. The quantitative estimate of drug-likeness (QED) is 0.397. The third-order valence-corrected chi connectivity index (χ3v) is 5.96. The lowest BCUT2D eigenvalue weighted by Crippen LogP contribution is -2.28. The first-order chi connectivity index (χ1) is 12.5. The van der Waals surface area contributed by atoms with Crippen molar-refractivity contribution in [3.8, 4) is 5.75 Å². The number of benzene rings is 1. The average molecular weight is 408 g/mol. The molecule has 152 valence electrons. The normalized spacial score (nSPS) is 22.1. The van der Waals surface area contributed by atoms with Crippen LogP contribution in [0, 0.1) is 11.8 Å². The van der Waals surface area contributed by atoms with Gasteiger partial charge in [0.05, 0.1) is 12.5 Å².